The summed E-state index contributed by atoms with van der Waals surface area (Å²) >= 11 is 0. The van der Waals surface area contributed by atoms with Crippen molar-refractivity contribution in [1.29, 1.82) is 0 Å². The highest BCUT2D eigenvalue weighted by atomic mass is 32.2. The lowest BCUT2D eigenvalue weighted by molar-refractivity contribution is 0.305. The first kappa shape index (κ1) is 11.1. The number of ether oxygens (including phenoxy) is 1. The predicted molar refractivity (Wildman–Crippen MR) is 63.0 cm³/mol. The van der Waals surface area contributed by atoms with E-state index >= 15 is 0 Å². The Hall–Kier alpha value is -1.43. The van der Waals surface area contributed by atoms with Gasteiger partial charge in [-0.2, -0.15) is 0 Å². The summed E-state index contributed by atoms with van der Waals surface area (Å²) in [5.41, 5.74) is 6.51. The monoisotopic (exact) mass is 242 g/mol. The van der Waals surface area contributed by atoms with Crippen LogP contribution in [0.25, 0.3) is 0 Å². The molecule has 0 spiro atoms. The van der Waals surface area contributed by atoms with Crippen LogP contribution in [0.4, 0.5) is 11.4 Å². The number of sulfonamides is 1. The first-order valence-electron chi connectivity index (χ1n) is 4.98. The third kappa shape index (κ3) is 2.79. The highest BCUT2D eigenvalue weighted by Crippen LogP contribution is 2.34. The van der Waals surface area contributed by atoms with Crippen LogP contribution in [0.3, 0.4) is 0 Å². The average molecular weight is 242 g/mol. The van der Waals surface area contributed by atoms with Gasteiger partial charge in [0.15, 0.2) is 0 Å². The van der Waals surface area contributed by atoms with E-state index in [0.717, 1.165) is 19.1 Å². The maximum atomic E-state index is 11.1. The van der Waals surface area contributed by atoms with E-state index in [9.17, 15) is 8.42 Å². The number of hydrogen-bond acceptors (Lipinski definition) is 4. The van der Waals surface area contributed by atoms with Gasteiger partial charge in [0.1, 0.15) is 5.75 Å². The molecule has 1 saturated carbocycles. The molecule has 0 aromatic heterocycles. The standard InChI is InChI=1S/C10H14N2O3S/c1-16(13,14)12-8-3-2-4-9(10(8)11)15-7-5-6-7/h2-4,7,12H,5-6,11H2,1H3. The fraction of sp³-hybridized carbons (Fsp3) is 0.400. The Morgan fingerprint density at radius 1 is 1.44 bits per heavy atom. The molecule has 0 saturated heterocycles. The maximum absolute atomic E-state index is 11.1. The van der Waals surface area contributed by atoms with Crippen molar-refractivity contribution in [2.24, 2.45) is 0 Å². The van der Waals surface area contributed by atoms with E-state index in [-0.39, 0.29) is 6.10 Å². The maximum Gasteiger partial charge on any atom is 0.229 e. The number of nitrogens with two attached hydrogens (primary N) is 1. The minimum Gasteiger partial charge on any atom is -0.488 e. The minimum absolute atomic E-state index is 0.232. The van der Waals surface area contributed by atoms with Gasteiger partial charge >= 0.3 is 0 Å². The van der Waals surface area contributed by atoms with Crippen molar-refractivity contribution in [3.05, 3.63) is 18.2 Å². The normalized spacial score (nSPS) is 15.8. The molecule has 0 aliphatic heterocycles. The van der Waals surface area contributed by atoms with Crippen molar-refractivity contribution in [2.45, 2.75) is 18.9 Å². The van der Waals surface area contributed by atoms with Crippen LogP contribution in [0, 0.1) is 0 Å². The lowest BCUT2D eigenvalue weighted by Gasteiger charge is -2.12. The van der Waals surface area contributed by atoms with Crippen LogP contribution in [-0.2, 0) is 10.0 Å². The molecule has 0 unspecified atom stereocenters. The molecule has 88 valence electrons. The third-order valence-electron chi connectivity index (χ3n) is 2.18. The molecule has 0 radical (unpaired) electrons. The van der Waals surface area contributed by atoms with Gasteiger partial charge in [-0.25, -0.2) is 8.42 Å². The Bertz CT molecular complexity index is 495. The van der Waals surface area contributed by atoms with Crippen LogP contribution in [0.15, 0.2) is 18.2 Å². The molecule has 1 aromatic rings. The highest BCUT2D eigenvalue weighted by Gasteiger charge is 2.24. The predicted octanol–water partition coefficient (Wildman–Crippen LogP) is 1.18. The molecule has 0 atom stereocenters. The third-order valence-corrected chi connectivity index (χ3v) is 2.77. The first-order chi connectivity index (χ1) is 7.46. The van der Waals surface area contributed by atoms with Crippen LogP contribution in [0.2, 0.25) is 0 Å². The van der Waals surface area contributed by atoms with E-state index in [1.807, 2.05) is 0 Å². The SMILES string of the molecule is CS(=O)(=O)Nc1cccc(OC2CC2)c1N. The van der Waals surface area contributed by atoms with E-state index in [0.29, 0.717) is 17.1 Å². The van der Waals surface area contributed by atoms with Gasteiger partial charge in [0.2, 0.25) is 10.0 Å². The lowest BCUT2D eigenvalue weighted by Crippen LogP contribution is -2.12. The quantitative estimate of drug-likeness (QED) is 0.777. The van der Waals surface area contributed by atoms with E-state index in [4.69, 9.17) is 10.5 Å². The summed E-state index contributed by atoms with van der Waals surface area (Å²) in [6.07, 6.45) is 3.38. The second kappa shape index (κ2) is 3.86. The van der Waals surface area contributed by atoms with Crippen molar-refractivity contribution < 1.29 is 13.2 Å². The molecular weight excluding hydrogens is 228 g/mol. The molecule has 6 heteroatoms. The van der Waals surface area contributed by atoms with E-state index in [1.54, 1.807) is 18.2 Å². The fourth-order valence-corrected chi connectivity index (χ4v) is 1.88. The van der Waals surface area contributed by atoms with Gasteiger partial charge in [0, 0.05) is 0 Å². The average Bonchev–Trinajstić information content (AvgIpc) is 2.93. The molecule has 16 heavy (non-hydrogen) atoms. The number of rotatable bonds is 4. The number of para-hydroxylation sites is 1. The summed E-state index contributed by atoms with van der Waals surface area (Å²) < 4.78 is 30.1. The molecule has 1 aliphatic rings. The van der Waals surface area contributed by atoms with E-state index in [2.05, 4.69) is 4.72 Å². The van der Waals surface area contributed by atoms with Gasteiger partial charge in [-0.15, -0.1) is 0 Å². The largest absolute Gasteiger partial charge is 0.488 e. The Kier molecular flexibility index (Phi) is 2.67. The summed E-state index contributed by atoms with van der Waals surface area (Å²) in [6.45, 7) is 0. The number of nitrogens with one attached hydrogen (secondary N) is 1. The van der Waals surface area contributed by atoms with Gasteiger partial charge < -0.3 is 10.5 Å². The zero-order valence-corrected chi connectivity index (χ0v) is 9.75. The first-order valence-corrected chi connectivity index (χ1v) is 6.88. The molecule has 3 N–H and O–H groups in total. The van der Waals surface area contributed by atoms with Crippen molar-refractivity contribution in [3.8, 4) is 5.75 Å². The van der Waals surface area contributed by atoms with E-state index in [1.165, 1.54) is 0 Å². The van der Waals surface area contributed by atoms with Crippen LogP contribution >= 0.6 is 0 Å². The zero-order chi connectivity index (χ0) is 11.8. The molecule has 1 aromatic carbocycles. The summed E-state index contributed by atoms with van der Waals surface area (Å²) in [5, 5.41) is 0. The summed E-state index contributed by atoms with van der Waals surface area (Å²) in [6, 6.07) is 5.05. The Labute approximate surface area is 94.6 Å². The molecule has 2 rings (SSSR count). The lowest BCUT2D eigenvalue weighted by atomic mass is 10.2. The number of hydrogen-bond donors (Lipinski definition) is 2. The molecule has 0 bridgehead atoms. The Morgan fingerprint density at radius 2 is 2.12 bits per heavy atom. The van der Waals surface area contributed by atoms with Gasteiger partial charge in [0.05, 0.1) is 23.7 Å². The molecule has 0 heterocycles. The summed E-state index contributed by atoms with van der Waals surface area (Å²) in [5.74, 6) is 0.538. The highest BCUT2D eigenvalue weighted by molar-refractivity contribution is 7.92. The van der Waals surface area contributed by atoms with Crippen molar-refractivity contribution in [3.63, 3.8) is 0 Å². The molecule has 0 amide bonds. The van der Waals surface area contributed by atoms with Gasteiger partial charge in [0.25, 0.3) is 0 Å². The second-order valence-corrected chi connectivity index (χ2v) is 5.66. The Balaban J connectivity index is 2.24. The van der Waals surface area contributed by atoms with Gasteiger partial charge in [-0.1, -0.05) is 6.07 Å². The minimum atomic E-state index is -3.31. The van der Waals surface area contributed by atoms with Crippen molar-refractivity contribution in [2.75, 3.05) is 16.7 Å². The van der Waals surface area contributed by atoms with Gasteiger partial charge in [-0.3, -0.25) is 4.72 Å². The number of anilines is 2. The van der Waals surface area contributed by atoms with Crippen LogP contribution in [0.5, 0.6) is 5.75 Å². The second-order valence-electron chi connectivity index (χ2n) is 3.91. The van der Waals surface area contributed by atoms with Crippen LogP contribution in [0.1, 0.15) is 12.8 Å². The fourth-order valence-electron chi connectivity index (χ4n) is 1.30. The zero-order valence-electron chi connectivity index (χ0n) is 8.93. The molecule has 5 nitrogen and oxygen atoms in total. The number of nitrogen functional groups attached to an aromatic ring is 1. The van der Waals surface area contributed by atoms with Gasteiger partial charge in [-0.05, 0) is 25.0 Å². The van der Waals surface area contributed by atoms with Crippen LogP contribution in [-0.4, -0.2) is 20.8 Å². The van der Waals surface area contributed by atoms with Crippen LogP contribution < -0.4 is 15.2 Å². The number of benzene rings is 1. The summed E-state index contributed by atoms with van der Waals surface area (Å²) in [4.78, 5) is 0. The van der Waals surface area contributed by atoms with Crippen molar-refractivity contribution >= 4 is 21.4 Å². The Morgan fingerprint density at radius 3 is 2.69 bits per heavy atom. The topological polar surface area (TPSA) is 81.4 Å². The summed E-state index contributed by atoms with van der Waals surface area (Å²) in [7, 11) is -3.31. The molecular formula is C10H14N2O3S. The molecule has 1 fully saturated rings. The molecule has 1 aliphatic carbocycles. The van der Waals surface area contributed by atoms with E-state index < -0.39 is 10.0 Å². The van der Waals surface area contributed by atoms with Crippen molar-refractivity contribution in [1.82, 2.24) is 0 Å². The smallest absolute Gasteiger partial charge is 0.229 e.